The lowest BCUT2D eigenvalue weighted by Gasteiger charge is -2.34. The molecule has 26 heavy (non-hydrogen) atoms. The van der Waals surface area contributed by atoms with Crippen LogP contribution in [0.15, 0.2) is 24.3 Å². The lowest BCUT2D eigenvalue weighted by molar-refractivity contribution is -0.132. The predicted octanol–water partition coefficient (Wildman–Crippen LogP) is 2.87. The first-order chi connectivity index (χ1) is 12.7. The molecule has 0 bridgehead atoms. The highest BCUT2D eigenvalue weighted by Crippen LogP contribution is 2.39. The molecule has 138 valence electrons. The second kappa shape index (κ2) is 7.72. The number of likely N-dealkylation sites (N-methyl/N-ethyl adjacent to an activating group) is 1. The minimum atomic E-state index is 0.222. The van der Waals surface area contributed by atoms with Gasteiger partial charge in [0.05, 0.1) is 6.42 Å². The first-order valence-corrected chi connectivity index (χ1v) is 10.2. The summed E-state index contributed by atoms with van der Waals surface area (Å²) in [5.74, 6) is 1.77. The average molecular weight is 372 g/mol. The van der Waals surface area contributed by atoms with Crippen molar-refractivity contribution in [2.75, 3.05) is 38.0 Å². The van der Waals surface area contributed by atoms with Gasteiger partial charge >= 0.3 is 0 Å². The van der Waals surface area contributed by atoms with Crippen LogP contribution in [0.4, 0.5) is 10.8 Å². The summed E-state index contributed by atoms with van der Waals surface area (Å²) in [5, 5.41) is 4.14. The number of nitrogens with zero attached hydrogens (tertiary/aromatic N) is 4. The number of amides is 1. The fourth-order valence-electron chi connectivity index (χ4n) is 3.22. The standard InChI is InChI=1S/C19H25N5OS/c1-2-23-9-11-24(12-10-23)17(25)13-14-3-7-16(8-4-14)20-19-21-18(22-26-19)15-5-6-15/h3-4,7-8,15H,2,5-6,9-13H2,1H3,(H,20,21,22). The van der Waals surface area contributed by atoms with Gasteiger partial charge in [-0.1, -0.05) is 19.1 Å². The van der Waals surface area contributed by atoms with Crippen LogP contribution in [0.2, 0.25) is 0 Å². The first-order valence-electron chi connectivity index (χ1n) is 9.41. The number of hydrogen-bond donors (Lipinski definition) is 1. The van der Waals surface area contributed by atoms with Crippen molar-refractivity contribution in [2.24, 2.45) is 0 Å². The molecule has 2 aromatic rings. The lowest BCUT2D eigenvalue weighted by Crippen LogP contribution is -2.48. The molecule has 7 heteroatoms. The zero-order valence-electron chi connectivity index (χ0n) is 15.1. The Balaban J connectivity index is 1.30. The monoisotopic (exact) mass is 371 g/mol. The third-order valence-electron chi connectivity index (χ3n) is 5.12. The van der Waals surface area contributed by atoms with Crippen LogP contribution in [0, 0.1) is 0 Å². The van der Waals surface area contributed by atoms with Crippen LogP contribution in [0.25, 0.3) is 0 Å². The van der Waals surface area contributed by atoms with E-state index in [9.17, 15) is 4.79 Å². The van der Waals surface area contributed by atoms with E-state index in [1.54, 1.807) is 0 Å². The van der Waals surface area contributed by atoms with Crippen LogP contribution in [0.1, 0.15) is 37.1 Å². The van der Waals surface area contributed by atoms with Crippen LogP contribution in [-0.2, 0) is 11.2 Å². The van der Waals surface area contributed by atoms with Crippen molar-refractivity contribution in [3.8, 4) is 0 Å². The molecule has 0 atom stereocenters. The van der Waals surface area contributed by atoms with Gasteiger partial charge in [-0.15, -0.1) is 0 Å². The zero-order valence-corrected chi connectivity index (χ0v) is 16.0. The van der Waals surface area contributed by atoms with Crippen molar-refractivity contribution in [2.45, 2.75) is 32.1 Å². The van der Waals surface area contributed by atoms with Gasteiger partial charge in [0.15, 0.2) is 0 Å². The van der Waals surface area contributed by atoms with E-state index in [0.29, 0.717) is 12.3 Å². The van der Waals surface area contributed by atoms with Gasteiger partial charge in [-0.2, -0.15) is 4.37 Å². The fraction of sp³-hybridized carbons (Fsp3) is 0.526. The first kappa shape index (κ1) is 17.4. The van der Waals surface area contributed by atoms with E-state index in [-0.39, 0.29) is 5.91 Å². The van der Waals surface area contributed by atoms with Crippen molar-refractivity contribution in [1.29, 1.82) is 0 Å². The topological polar surface area (TPSA) is 61.4 Å². The van der Waals surface area contributed by atoms with E-state index in [1.165, 1.54) is 24.4 Å². The van der Waals surface area contributed by atoms with Crippen molar-refractivity contribution >= 4 is 28.3 Å². The molecule has 2 aliphatic rings. The summed E-state index contributed by atoms with van der Waals surface area (Å²) in [6, 6.07) is 8.06. The van der Waals surface area contributed by atoms with Crippen molar-refractivity contribution in [3.05, 3.63) is 35.7 Å². The molecule has 4 rings (SSSR count). The van der Waals surface area contributed by atoms with Crippen molar-refractivity contribution in [1.82, 2.24) is 19.2 Å². The highest BCUT2D eigenvalue weighted by atomic mass is 32.1. The smallest absolute Gasteiger partial charge is 0.227 e. The van der Waals surface area contributed by atoms with E-state index >= 15 is 0 Å². The Morgan fingerprint density at radius 3 is 2.58 bits per heavy atom. The molecule has 1 aromatic heterocycles. The van der Waals surface area contributed by atoms with Crippen molar-refractivity contribution < 1.29 is 4.79 Å². The molecule has 1 N–H and O–H groups in total. The molecule has 0 spiro atoms. The SMILES string of the molecule is CCN1CCN(C(=O)Cc2ccc(Nc3nc(C4CC4)ns3)cc2)CC1. The number of carbonyl (C=O) groups excluding carboxylic acids is 1. The third kappa shape index (κ3) is 4.22. The Hall–Kier alpha value is -1.99. The number of benzene rings is 1. The molecule has 2 heterocycles. The number of anilines is 2. The number of nitrogens with one attached hydrogen (secondary N) is 1. The molecule has 1 saturated carbocycles. The van der Waals surface area contributed by atoms with Crippen LogP contribution in [0.3, 0.4) is 0 Å². The van der Waals surface area contributed by atoms with Gasteiger partial charge in [0.25, 0.3) is 0 Å². The second-order valence-corrected chi connectivity index (χ2v) is 7.80. The maximum absolute atomic E-state index is 12.5. The molecule has 1 aromatic carbocycles. The Kier molecular flexibility index (Phi) is 5.17. The van der Waals surface area contributed by atoms with Gasteiger partial charge < -0.3 is 15.1 Å². The van der Waals surface area contributed by atoms with E-state index in [0.717, 1.165) is 54.9 Å². The lowest BCUT2D eigenvalue weighted by atomic mass is 10.1. The Bertz CT molecular complexity index is 748. The quantitative estimate of drug-likeness (QED) is 0.846. The van der Waals surface area contributed by atoms with Gasteiger partial charge in [0.2, 0.25) is 11.0 Å². The zero-order chi connectivity index (χ0) is 17.9. The average Bonchev–Trinajstić information content (AvgIpc) is 3.43. The molecule has 0 unspecified atom stereocenters. The summed E-state index contributed by atoms with van der Waals surface area (Å²) < 4.78 is 4.41. The van der Waals surface area contributed by atoms with Gasteiger partial charge in [0, 0.05) is 49.3 Å². The van der Waals surface area contributed by atoms with Gasteiger partial charge in [-0.25, -0.2) is 4.98 Å². The number of aromatic nitrogens is 2. The summed E-state index contributed by atoms with van der Waals surface area (Å²) in [6.07, 6.45) is 2.90. The molecule has 0 radical (unpaired) electrons. The second-order valence-electron chi connectivity index (χ2n) is 7.05. The highest BCUT2D eigenvalue weighted by molar-refractivity contribution is 7.09. The van der Waals surface area contributed by atoms with E-state index in [2.05, 4.69) is 26.5 Å². The van der Waals surface area contributed by atoms with Crippen molar-refractivity contribution in [3.63, 3.8) is 0 Å². The minimum absolute atomic E-state index is 0.222. The van der Waals surface area contributed by atoms with E-state index in [1.807, 2.05) is 29.2 Å². The largest absolute Gasteiger partial charge is 0.340 e. The minimum Gasteiger partial charge on any atom is -0.340 e. The van der Waals surface area contributed by atoms with Crippen LogP contribution < -0.4 is 5.32 Å². The predicted molar refractivity (Wildman–Crippen MR) is 104 cm³/mol. The maximum Gasteiger partial charge on any atom is 0.227 e. The molecular weight excluding hydrogens is 346 g/mol. The number of piperazine rings is 1. The van der Waals surface area contributed by atoms with Crippen LogP contribution in [0.5, 0.6) is 0 Å². The number of carbonyl (C=O) groups is 1. The Morgan fingerprint density at radius 2 is 1.92 bits per heavy atom. The summed E-state index contributed by atoms with van der Waals surface area (Å²) in [4.78, 5) is 21.4. The molecule has 1 aliphatic heterocycles. The number of hydrogen-bond acceptors (Lipinski definition) is 6. The maximum atomic E-state index is 12.5. The summed E-state index contributed by atoms with van der Waals surface area (Å²) in [5.41, 5.74) is 2.03. The van der Waals surface area contributed by atoms with E-state index in [4.69, 9.17) is 0 Å². The molecule has 2 fully saturated rings. The third-order valence-corrected chi connectivity index (χ3v) is 5.76. The van der Waals surface area contributed by atoms with Gasteiger partial charge in [0.1, 0.15) is 5.82 Å². The van der Waals surface area contributed by atoms with Gasteiger partial charge in [-0.3, -0.25) is 4.79 Å². The normalized spacial score (nSPS) is 18.1. The summed E-state index contributed by atoms with van der Waals surface area (Å²) in [7, 11) is 0. The Morgan fingerprint density at radius 1 is 1.19 bits per heavy atom. The fourth-order valence-corrected chi connectivity index (χ4v) is 3.89. The molecule has 1 saturated heterocycles. The van der Waals surface area contributed by atoms with Gasteiger partial charge in [-0.05, 0) is 37.1 Å². The van der Waals surface area contributed by atoms with Crippen LogP contribution in [-0.4, -0.2) is 57.8 Å². The van der Waals surface area contributed by atoms with Crippen LogP contribution >= 0.6 is 11.5 Å². The van der Waals surface area contributed by atoms with E-state index < -0.39 is 0 Å². The Labute approximate surface area is 158 Å². The molecular formula is C19H25N5OS. The molecule has 6 nitrogen and oxygen atoms in total. The molecule has 1 aliphatic carbocycles. The molecule has 1 amide bonds. The summed E-state index contributed by atoms with van der Waals surface area (Å²) >= 11 is 1.41. The summed E-state index contributed by atoms with van der Waals surface area (Å²) in [6.45, 7) is 6.87. The highest BCUT2D eigenvalue weighted by Gasteiger charge is 2.27. The number of rotatable bonds is 6.